The van der Waals surface area contributed by atoms with E-state index in [9.17, 15) is 14.3 Å². The molecule has 0 saturated heterocycles. The van der Waals surface area contributed by atoms with Crippen molar-refractivity contribution in [3.8, 4) is 5.75 Å². The number of carbonyl (C=O) groups is 1. The summed E-state index contributed by atoms with van der Waals surface area (Å²) in [5.41, 5.74) is -0.255. The zero-order chi connectivity index (χ0) is 13.1. The lowest BCUT2D eigenvalue weighted by atomic mass is 9.91. The van der Waals surface area contributed by atoms with Crippen molar-refractivity contribution in [3.05, 3.63) is 29.6 Å². The van der Waals surface area contributed by atoms with Crippen LogP contribution in [-0.2, 0) is 0 Å². The molecule has 0 heterocycles. The van der Waals surface area contributed by atoms with Gasteiger partial charge in [-0.05, 0) is 31.4 Å². The van der Waals surface area contributed by atoms with E-state index in [1.807, 2.05) is 0 Å². The Morgan fingerprint density at radius 3 is 2.72 bits per heavy atom. The highest BCUT2D eigenvalue weighted by Gasteiger charge is 2.31. The van der Waals surface area contributed by atoms with Crippen LogP contribution < -0.4 is 0 Å². The minimum atomic E-state index is -0.695. The van der Waals surface area contributed by atoms with Crippen LogP contribution in [0.3, 0.4) is 0 Å². The average Bonchev–Trinajstić information content (AvgIpc) is 2.25. The van der Waals surface area contributed by atoms with Crippen molar-refractivity contribution in [2.24, 2.45) is 0 Å². The van der Waals surface area contributed by atoms with E-state index in [1.165, 1.54) is 18.2 Å². The van der Waals surface area contributed by atoms with Crippen molar-refractivity contribution < 1.29 is 14.3 Å². The minimum absolute atomic E-state index is 0.121. The molecule has 2 rings (SSSR count). The van der Waals surface area contributed by atoms with Crippen LogP contribution in [0.15, 0.2) is 18.2 Å². The molecule has 1 saturated carbocycles. The molecule has 1 aliphatic rings. The molecule has 0 aromatic heterocycles. The second-order valence-electron chi connectivity index (χ2n) is 4.41. The van der Waals surface area contributed by atoms with Gasteiger partial charge in [0.2, 0.25) is 0 Å². The van der Waals surface area contributed by atoms with Crippen molar-refractivity contribution >= 4 is 17.5 Å². The number of carbonyl (C=O) groups excluding carboxylic acids is 1. The zero-order valence-electron chi connectivity index (χ0n) is 9.90. The molecule has 18 heavy (non-hydrogen) atoms. The minimum Gasteiger partial charge on any atom is -0.507 e. The van der Waals surface area contributed by atoms with Gasteiger partial charge in [-0.15, -0.1) is 11.6 Å². The summed E-state index contributed by atoms with van der Waals surface area (Å²) >= 11 is 5.68. The van der Waals surface area contributed by atoms with Crippen LogP contribution in [0.2, 0.25) is 0 Å². The van der Waals surface area contributed by atoms with Crippen molar-refractivity contribution in [3.63, 3.8) is 0 Å². The second-order valence-corrected chi connectivity index (χ2v) is 4.78. The first-order valence-electron chi connectivity index (χ1n) is 5.99. The van der Waals surface area contributed by atoms with E-state index in [0.717, 1.165) is 19.3 Å². The number of benzene rings is 1. The molecular weight excluding hydrogens is 257 g/mol. The van der Waals surface area contributed by atoms with Gasteiger partial charge >= 0.3 is 0 Å². The van der Waals surface area contributed by atoms with Gasteiger partial charge in [-0.2, -0.15) is 0 Å². The lowest BCUT2D eigenvalue weighted by Crippen LogP contribution is -2.45. The molecule has 1 amide bonds. The van der Waals surface area contributed by atoms with Gasteiger partial charge in [-0.3, -0.25) is 4.79 Å². The smallest absolute Gasteiger partial charge is 0.260 e. The third kappa shape index (κ3) is 2.43. The van der Waals surface area contributed by atoms with Crippen molar-refractivity contribution in [1.29, 1.82) is 0 Å². The molecule has 0 aliphatic heterocycles. The van der Waals surface area contributed by atoms with Gasteiger partial charge in [0.1, 0.15) is 17.1 Å². The van der Waals surface area contributed by atoms with Gasteiger partial charge in [0.15, 0.2) is 0 Å². The van der Waals surface area contributed by atoms with Crippen LogP contribution in [0.5, 0.6) is 5.75 Å². The predicted octanol–water partition coefficient (Wildman–Crippen LogP) is 2.76. The lowest BCUT2D eigenvalue weighted by Gasteiger charge is -2.37. The summed E-state index contributed by atoms with van der Waals surface area (Å²) in [4.78, 5) is 13.8. The highest BCUT2D eigenvalue weighted by atomic mass is 35.5. The summed E-state index contributed by atoms with van der Waals surface area (Å²) in [5.74, 6) is -1.19. The van der Waals surface area contributed by atoms with Crippen LogP contribution in [0.25, 0.3) is 0 Å². The third-order valence-corrected chi connectivity index (χ3v) is 3.48. The molecule has 1 fully saturated rings. The monoisotopic (exact) mass is 271 g/mol. The molecule has 5 heteroatoms. The summed E-state index contributed by atoms with van der Waals surface area (Å²) in [6.07, 6.45) is 2.90. The number of hydrogen-bond donors (Lipinski definition) is 1. The van der Waals surface area contributed by atoms with Crippen LogP contribution in [0.1, 0.15) is 29.6 Å². The first-order valence-corrected chi connectivity index (χ1v) is 6.53. The normalized spacial score (nSPS) is 15.2. The Morgan fingerprint density at radius 1 is 1.50 bits per heavy atom. The molecule has 0 unspecified atom stereocenters. The highest BCUT2D eigenvalue weighted by Crippen LogP contribution is 2.29. The molecule has 1 aromatic carbocycles. The summed E-state index contributed by atoms with van der Waals surface area (Å²) in [6.45, 7) is 0.374. The van der Waals surface area contributed by atoms with Crippen LogP contribution >= 0.6 is 11.6 Å². The van der Waals surface area contributed by atoms with Crippen LogP contribution in [0, 0.1) is 5.82 Å². The van der Waals surface area contributed by atoms with Gasteiger partial charge < -0.3 is 10.0 Å². The Kier molecular flexibility index (Phi) is 4.07. The van der Waals surface area contributed by atoms with Crippen LogP contribution in [0.4, 0.5) is 4.39 Å². The van der Waals surface area contributed by atoms with Gasteiger partial charge in [0, 0.05) is 18.5 Å². The van der Waals surface area contributed by atoms with E-state index in [0.29, 0.717) is 12.4 Å². The van der Waals surface area contributed by atoms with E-state index < -0.39 is 11.7 Å². The van der Waals surface area contributed by atoms with Gasteiger partial charge in [-0.1, -0.05) is 6.07 Å². The maximum atomic E-state index is 13.6. The number of hydrogen-bond acceptors (Lipinski definition) is 2. The maximum Gasteiger partial charge on any atom is 0.260 e. The molecule has 0 spiro atoms. The molecule has 3 nitrogen and oxygen atoms in total. The molecule has 0 bridgehead atoms. The van der Waals surface area contributed by atoms with E-state index in [2.05, 4.69) is 0 Å². The zero-order valence-corrected chi connectivity index (χ0v) is 10.7. The summed E-state index contributed by atoms with van der Waals surface area (Å²) in [5, 5.41) is 9.63. The third-order valence-electron chi connectivity index (χ3n) is 3.31. The topological polar surface area (TPSA) is 40.5 Å². The molecule has 98 valence electrons. The van der Waals surface area contributed by atoms with Gasteiger partial charge in [0.25, 0.3) is 5.91 Å². The fourth-order valence-corrected chi connectivity index (χ4v) is 2.29. The van der Waals surface area contributed by atoms with E-state index in [1.54, 1.807) is 4.90 Å². The number of phenols is 1. The quantitative estimate of drug-likeness (QED) is 0.856. The number of halogens is 2. The second kappa shape index (κ2) is 5.57. The number of amides is 1. The summed E-state index contributed by atoms with van der Waals surface area (Å²) in [7, 11) is 0. The average molecular weight is 272 g/mol. The molecule has 1 aromatic rings. The number of aromatic hydroxyl groups is 1. The van der Waals surface area contributed by atoms with Gasteiger partial charge in [-0.25, -0.2) is 4.39 Å². The summed E-state index contributed by atoms with van der Waals surface area (Å²) in [6, 6.07) is 3.98. The van der Waals surface area contributed by atoms with Crippen molar-refractivity contribution in [1.82, 2.24) is 4.90 Å². The standard InChI is InChI=1S/C13H15ClFNO2/c14-7-8-16(9-3-1-4-9)13(18)12-10(15)5-2-6-11(12)17/h2,5-6,9,17H,1,3-4,7-8H2. The lowest BCUT2D eigenvalue weighted by molar-refractivity contribution is 0.0590. The Labute approximate surface area is 110 Å². The van der Waals surface area contributed by atoms with Crippen LogP contribution in [-0.4, -0.2) is 34.4 Å². The number of rotatable bonds is 4. The van der Waals surface area contributed by atoms with E-state index >= 15 is 0 Å². The summed E-state index contributed by atoms with van der Waals surface area (Å²) < 4.78 is 13.6. The Bertz CT molecular complexity index is 428. The first kappa shape index (κ1) is 13.1. The van der Waals surface area contributed by atoms with E-state index in [-0.39, 0.29) is 17.4 Å². The molecule has 1 aliphatic carbocycles. The molecular formula is C13H15ClFNO2. The van der Waals surface area contributed by atoms with Crippen molar-refractivity contribution in [2.45, 2.75) is 25.3 Å². The SMILES string of the molecule is O=C(c1c(O)cccc1F)N(CCCl)C1CCC1. The Hall–Kier alpha value is -1.29. The van der Waals surface area contributed by atoms with E-state index in [4.69, 9.17) is 11.6 Å². The predicted molar refractivity (Wildman–Crippen MR) is 67.5 cm³/mol. The highest BCUT2D eigenvalue weighted by molar-refractivity contribution is 6.18. The Morgan fingerprint density at radius 2 is 2.22 bits per heavy atom. The molecule has 1 N–H and O–H groups in total. The van der Waals surface area contributed by atoms with Crippen molar-refractivity contribution in [2.75, 3.05) is 12.4 Å². The molecule has 0 radical (unpaired) electrons. The number of alkyl halides is 1. The Balaban J connectivity index is 2.27. The fourth-order valence-electron chi connectivity index (χ4n) is 2.11. The first-order chi connectivity index (χ1) is 8.65. The fraction of sp³-hybridized carbons (Fsp3) is 0.462. The number of nitrogens with zero attached hydrogens (tertiary/aromatic N) is 1. The maximum absolute atomic E-state index is 13.6. The number of phenolic OH excluding ortho intramolecular Hbond substituents is 1. The van der Waals surface area contributed by atoms with Gasteiger partial charge in [0.05, 0.1) is 0 Å². The largest absolute Gasteiger partial charge is 0.507 e. The molecule has 0 atom stereocenters.